The minimum Gasteiger partial charge on any atom is -0.351 e. The summed E-state index contributed by atoms with van der Waals surface area (Å²) in [6, 6.07) is 2.29. The highest BCUT2D eigenvalue weighted by molar-refractivity contribution is 9.10. The average molecular weight is 259 g/mol. The molecule has 0 aliphatic heterocycles. The van der Waals surface area contributed by atoms with Gasteiger partial charge in [0.1, 0.15) is 0 Å². The van der Waals surface area contributed by atoms with E-state index in [4.69, 9.17) is 5.26 Å². The molecule has 0 radical (unpaired) electrons. The summed E-state index contributed by atoms with van der Waals surface area (Å²) in [4.78, 5) is 11.6. The monoisotopic (exact) mass is 258 g/mol. The predicted octanol–water partition coefficient (Wildman–Crippen LogP) is 1.97. The normalized spacial score (nSPS) is 27.0. The first-order chi connectivity index (χ1) is 6.45. The third-order valence-electron chi connectivity index (χ3n) is 2.54. The Morgan fingerprint density at radius 3 is 2.71 bits per heavy atom. The number of halogens is 1. The number of carbonyl (C=O) groups excluding carboxylic acids is 1. The van der Waals surface area contributed by atoms with E-state index in [1.165, 1.54) is 0 Å². The van der Waals surface area contributed by atoms with Gasteiger partial charge in [-0.3, -0.25) is 4.79 Å². The van der Waals surface area contributed by atoms with E-state index in [-0.39, 0.29) is 17.9 Å². The van der Waals surface area contributed by atoms with Crippen molar-refractivity contribution >= 4 is 21.8 Å². The van der Waals surface area contributed by atoms with Gasteiger partial charge in [0.15, 0.2) is 0 Å². The summed E-state index contributed by atoms with van der Waals surface area (Å²) in [5.41, 5.74) is 0. The van der Waals surface area contributed by atoms with Crippen LogP contribution in [0.1, 0.15) is 33.1 Å². The molecule has 0 heterocycles. The number of carbonyl (C=O) groups is 1. The van der Waals surface area contributed by atoms with Gasteiger partial charge in [0, 0.05) is 6.04 Å². The molecule has 1 saturated carbocycles. The average Bonchev–Trinajstić information content (AvgIpc) is 2.50. The van der Waals surface area contributed by atoms with Crippen molar-refractivity contribution in [1.82, 2.24) is 5.32 Å². The molecule has 78 valence electrons. The molecule has 4 heteroatoms. The number of alkyl halides is 1. The Morgan fingerprint density at radius 2 is 2.21 bits per heavy atom. The lowest BCUT2D eigenvalue weighted by atomic mass is 10.0. The number of hydrogen-bond donors (Lipinski definition) is 1. The highest BCUT2D eigenvalue weighted by atomic mass is 79.9. The lowest BCUT2D eigenvalue weighted by Gasteiger charge is -2.21. The molecule has 0 aromatic heterocycles. The third-order valence-corrected chi connectivity index (χ3v) is 2.90. The molecule has 1 rings (SSSR count). The molecule has 14 heavy (non-hydrogen) atoms. The van der Waals surface area contributed by atoms with Gasteiger partial charge >= 0.3 is 0 Å². The van der Waals surface area contributed by atoms with E-state index in [0.29, 0.717) is 0 Å². The maximum atomic E-state index is 11.6. The first kappa shape index (κ1) is 11.5. The van der Waals surface area contributed by atoms with Gasteiger partial charge in [-0.1, -0.05) is 15.9 Å². The molecule has 2 atom stereocenters. The number of amides is 1. The fourth-order valence-electron chi connectivity index (χ4n) is 1.63. The minimum absolute atomic E-state index is 0.00574. The molecule has 0 spiro atoms. The Kier molecular flexibility index (Phi) is 3.54. The second-order valence-electron chi connectivity index (χ2n) is 4.22. The SMILES string of the molecule is CC(C)(Br)C(=O)NC1CCCC1C#N. The van der Waals surface area contributed by atoms with E-state index < -0.39 is 4.32 Å². The number of nitrogens with zero attached hydrogens (tertiary/aromatic N) is 1. The lowest BCUT2D eigenvalue weighted by molar-refractivity contribution is -0.123. The van der Waals surface area contributed by atoms with E-state index in [1.807, 2.05) is 0 Å². The molecule has 1 aliphatic carbocycles. The van der Waals surface area contributed by atoms with Crippen LogP contribution in [0.15, 0.2) is 0 Å². The van der Waals surface area contributed by atoms with Crippen molar-refractivity contribution in [3.05, 3.63) is 0 Å². The number of nitriles is 1. The molecule has 2 unspecified atom stereocenters. The first-order valence-corrected chi connectivity index (χ1v) is 5.64. The van der Waals surface area contributed by atoms with Gasteiger partial charge in [-0.15, -0.1) is 0 Å². The van der Waals surface area contributed by atoms with Crippen LogP contribution in [-0.2, 0) is 4.79 Å². The molecule has 3 nitrogen and oxygen atoms in total. The fraction of sp³-hybridized carbons (Fsp3) is 0.800. The number of hydrogen-bond acceptors (Lipinski definition) is 2. The summed E-state index contributed by atoms with van der Waals surface area (Å²) >= 11 is 3.30. The van der Waals surface area contributed by atoms with Crippen LogP contribution in [0.3, 0.4) is 0 Å². The molecule has 0 aromatic carbocycles. The van der Waals surface area contributed by atoms with Gasteiger partial charge in [-0.25, -0.2) is 0 Å². The van der Waals surface area contributed by atoms with Crippen LogP contribution in [0.25, 0.3) is 0 Å². The Labute approximate surface area is 93.0 Å². The second-order valence-corrected chi connectivity index (χ2v) is 6.20. The highest BCUT2D eigenvalue weighted by Crippen LogP contribution is 2.26. The summed E-state index contributed by atoms with van der Waals surface area (Å²) < 4.78 is -0.546. The summed E-state index contributed by atoms with van der Waals surface area (Å²) in [5.74, 6) is -0.0431. The molecule has 1 aliphatic rings. The van der Waals surface area contributed by atoms with Crippen LogP contribution in [-0.4, -0.2) is 16.3 Å². The summed E-state index contributed by atoms with van der Waals surface area (Å²) in [6.07, 6.45) is 2.86. The third kappa shape index (κ3) is 2.71. The van der Waals surface area contributed by atoms with Gasteiger partial charge in [-0.2, -0.15) is 5.26 Å². The van der Waals surface area contributed by atoms with E-state index in [0.717, 1.165) is 19.3 Å². The lowest BCUT2D eigenvalue weighted by Crippen LogP contribution is -2.44. The molecule has 1 amide bonds. The highest BCUT2D eigenvalue weighted by Gasteiger charge is 2.32. The van der Waals surface area contributed by atoms with Crippen molar-refractivity contribution in [2.24, 2.45) is 5.92 Å². The second kappa shape index (κ2) is 4.31. The van der Waals surface area contributed by atoms with Crippen LogP contribution in [0.5, 0.6) is 0 Å². The van der Waals surface area contributed by atoms with Crippen molar-refractivity contribution in [2.75, 3.05) is 0 Å². The summed E-state index contributed by atoms with van der Waals surface area (Å²) in [7, 11) is 0. The van der Waals surface area contributed by atoms with Crippen LogP contribution in [0.2, 0.25) is 0 Å². The zero-order chi connectivity index (χ0) is 10.8. The largest absolute Gasteiger partial charge is 0.351 e. The van der Waals surface area contributed by atoms with Gasteiger partial charge in [0.2, 0.25) is 5.91 Å². The zero-order valence-electron chi connectivity index (χ0n) is 8.51. The van der Waals surface area contributed by atoms with Crippen molar-refractivity contribution in [3.8, 4) is 6.07 Å². The van der Waals surface area contributed by atoms with Crippen molar-refractivity contribution in [2.45, 2.75) is 43.5 Å². The Morgan fingerprint density at radius 1 is 1.57 bits per heavy atom. The van der Waals surface area contributed by atoms with Gasteiger partial charge in [-0.05, 0) is 33.1 Å². The molecule has 1 N–H and O–H groups in total. The Bertz CT molecular complexity index is 264. The van der Waals surface area contributed by atoms with Crippen LogP contribution >= 0.6 is 15.9 Å². The van der Waals surface area contributed by atoms with Crippen molar-refractivity contribution < 1.29 is 4.79 Å². The minimum atomic E-state index is -0.546. The Balaban J connectivity index is 2.53. The quantitative estimate of drug-likeness (QED) is 0.771. The van der Waals surface area contributed by atoms with Gasteiger partial charge in [0.25, 0.3) is 0 Å². The first-order valence-electron chi connectivity index (χ1n) is 4.84. The molecule has 0 aromatic rings. The van der Waals surface area contributed by atoms with Crippen molar-refractivity contribution in [3.63, 3.8) is 0 Å². The van der Waals surface area contributed by atoms with E-state index in [9.17, 15) is 4.79 Å². The van der Waals surface area contributed by atoms with E-state index in [1.54, 1.807) is 13.8 Å². The van der Waals surface area contributed by atoms with Crippen LogP contribution in [0.4, 0.5) is 0 Å². The molecule has 0 saturated heterocycles. The summed E-state index contributed by atoms with van der Waals surface area (Å²) in [6.45, 7) is 3.61. The smallest absolute Gasteiger partial charge is 0.236 e. The standard InChI is InChI=1S/C10H15BrN2O/c1-10(2,11)9(14)13-8-5-3-4-7(8)6-12/h7-8H,3-5H2,1-2H3,(H,13,14). The van der Waals surface area contributed by atoms with Crippen LogP contribution in [0, 0.1) is 17.2 Å². The summed E-state index contributed by atoms with van der Waals surface area (Å²) in [5, 5.41) is 11.8. The topological polar surface area (TPSA) is 52.9 Å². The van der Waals surface area contributed by atoms with Gasteiger partial charge in [0.05, 0.1) is 16.3 Å². The van der Waals surface area contributed by atoms with Crippen molar-refractivity contribution in [1.29, 1.82) is 5.26 Å². The molecular formula is C10H15BrN2O. The predicted molar refractivity (Wildman–Crippen MR) is 57.9 cm³/mol. The zero-order valence-corrected chi connectivity index (χ0v) is 10.1. The molecule has 0 bridgehead atoms. The molecule has 1 fully saturated rings. The van der Waals surface area contributed by atoms with E-state index >= 15 is 0 Å². The Hall–Kier alpha value is -0.560. The maximum absolute atomic E-state index is 11.6. The van der Waals surface area contributed by atoms with Gasteiger partial charge < -0.3 is 5.32 Å². The fourth-order valence-corrected chi connectivity index (χ4v) is 1.74. The van der Waals surface area contributed by atoms with E-state index in [2.05, 4.69) is 27.3 Å². The molecular weight excluding hydrogens is 244 g/mol. The van der Waals surface area contributed by atoms with Crippen LogP contribution < -0.4 is 5.32 Å². The number of nitrogens with one attached hydrogen (secondary N) is 1. The number of rotatable bonds is 2. The maximum Gasteiger partial charge on any atom is 0.236 e.